The number of para-hydroxylation sites is 1. The quantitative estimate of drug-likeness (QED) is 0.331. The lowest BCUT2D eigenvalue weighted by atomic mass is 9.99. The molecule has 5 atom stereocenters. The Bertz CT molecular complexity index is 1150. The van der Waals surface area contributed by atoms with E-state index in [4.69, 9.17) is 13.9 Å². The van der Waals surface area contributed by atoms with Gasteiger partial charge in [-0.1, -0.05) is 12.1 Å². The van der Waals surface area contributed by atoms with Crippen molar-refractivity contribution in [1.82, 2.24) is 0 Å². The summed E-state index contributed by atoms with van der Waals surface area (Å²) in [4.78, 5) is 12.5. The van der Waals surface area contributed by atoms with E-state index in [1.807, 2.05) is 0 Å². The van der Waals surface area contributed by atoms with E-state index in [9.17, 15) is 35.4 Å². The molecule has 10 nitrogen and oxygen atoms in total. The average molecular weight is 432 g/mol. The van der Waals surface area contributed by atoms with Gasteiger partial charge in [0.25, 0.3) is 0 Å². The van der Waals surface area contributed by atoms with Crippen LogP contribution in [0, 0.1) is 0 Å². The number of ether oxygens (including phenoxy) is 2. The Labute approximate surface area is 174 Å². The third-order valence-electron chi connectivity index (χ3n) is 5.04. The van der Waals surface area contributed by atoms with Crippen molar-refractivity contribution in [3.05, 3.63) is 52.7 Å². The number of aliphatic hydroxyl groups excluding tert-OH is 4. The predicted molar refractivity (Wildman–Crippen MR) is 106 cm³/mol. The first-order chi connectivity index (χ1) is 14.8. The van der Waals surface area contributed by atoms with E-state index >= 15 is 0 Å². The fourth-order valence-electron chi connectivity index (χ4n) is 3.45. The highest BCUT2D eigenvalue weighted by atomic mass is 16.7. The average Bonchev–Trinajstić information content (AvgIpc) is 2.73. The summed E-state index contributed by atoms with van der Waals surface area (Å²) in [6, 6.07) is 9.65. The maximum Gasteiger partial charge on any atom is 0.229 e. The van der Waals surface area contributed by atoms with Gasteiger partial charge in [0.15, 0.2) is 5.43 Å². The van der Waals surface area contributed by atoms with E-state index in [-0.39, 0.29) is 33.8 Å². The highest BCUT2D eigenvalue weighted by Crippen LogP contribution is 2.35. The summed E-state index contributed by atoms with van der Waals surface area (Å²) in [5.74, 6) is -0.571. The summed E-state index contributed by atoms with van der Waals surface area (Å²) < 4.78 is 16.7. The number of phenols is 2. The van der Waals surface area contributed by atoms with E-state index < -0.39 is 48.5 Å². The van der Waals surface area contributed by atoms with Crippen molar-refractivity contribution in [3.8, 4) is 28.6 Å². The normalized spacial score (nSPS) is 26.1. The van der Waals surface area contributed by atoms with E-state index in [0.29, 0.717) is 0 Å². The second-order valence-corrected chi connectivity index (χ2v) is 7.12. The number of phenolic OH excluding ortho intramolecular Hbond substituents is 2. The third-order valence-corrected chi connectivity index (χ3v) is 5.04. The van der Waals surface area contributed by atoms with Crippen LogP contribution in [-0.2, 0) is 4.74 Å². The summed E-state index contributed by atoms with van der Waals surface area (Å²) in [6.45, 7) is -0.612. The molecule has 2 heterocycles. The van der Waals surface area contributed by atoms with Gasteiger partial charge in [-0.2, -0.15) is 0 Å². The second kappa shape index (κ2) is 8.17. The number of benzene rings is 2. The van der Waals surface area contributed by atoms with Gasteiger partial charge >= 0.3 is 0 Å². The maximum absolute atomic E-state index is 12.5. The topological polar surface area (TPSA) is 170 Å². The van der Waals surface area contributed by atoms with Crippen molar-refractivity contribution in [2.24, 2.45) is 0 Å². The van der Waals surface area contributed by atoms with Crippen LogP contribution in [0.15, 0.2) is 51.7 Å². The molecule has 1 aliphatic heterocycles. The Morgan fingerprint density at radius 2 is 1.71 bits per heavy atom. The fraction of sp³-hybridized carbons (Fsp3) is 0.286. The van der Waals surface area contributed by atoms with Gasteiger partial charge in [-0.25, -0.2) is 0 Å². The Kier molecular flexibility index (Phi) is 5.56. The lowest BCUT2D eigenvalue weighted by molar-refractivity contribution is -0.277. The van der Waals surface area contributed by atoms with Crippen LogP contribution in [0.2, 0.25) is 0 Å². The Hall–Kier alpha value is -3.15. The molecule has 5 unspecified atom stereocenters. The Morgan fingerprint density at radius 3 is 2.45 bits per heavy atom. The van der Waals surface area contributed by atoms with Crippen LogP contribution in [0.5, 0.6) is 17.2 Å². The van der Waals surface area contributed by atoms with Gasteiger partial charge < -0.3 is 44.5 Å². The first-order valence-corrected chi connectivity index (χ1v) is 9.36. The van der Waals surface area contributed by atoms with Gasteiger partial charge in [-0.15, -0.1) is 0 Å². The molecule has 3 aromatic rings. The number of fused-ring (bicyclic) bond motifs is 1. The molecule has 4 rings (SSSR count). The molecule has 164 valence electrons. The molecule has 0 saturated carbocycles. The highest BCUT2D eigenvalue weighted by Gasteiger charge is 2.44. The molecular formula is C21H20O10. The molecule has 0 spiro atoms. The van der Waals surface area contributed by atoms with Crippen LogP contribution < -0.4 is 10.2 Å². The zero-order chi connectivity index (χ0) is 22.3. The standard InChI is InChI=1S/C21H20O10/c22-8-16-18(26)19(27)20(28)21(31-16)30-13-4-2-1-3-10(13)14-7-12(25)17-11(24)5-9(23)6-15(17)29-14/h1-7,16,18-24,26-28H,8H2. The van der Waals surface area contributed by atoms with Gasteiger partial charge in [-0.3, -0.25) is 4.79 Å². The van der Waals surface area contributed by atoms with Gasteiger partial charge in [0.05, 0.1) is 12.2 Å². The van der Waals surface area contributed by atoms with Crippen molar-refractivity contribution in [2.75, 3.05) is 6.61 Å². The lowest BCUT2D eigenvalue weighted by Gasteiger charge is -2.39. The zero-order valence-corrected chi connectivity index (χ0v) is 16.0. The molecule has 0 amide bonds. The molecule has 1 aliphatic rings. The van der Waals surface area contributed by atoms with Crippen molar-refractivity contribution < 1.29 is 44.5 Å². The van der Waals surface area contributed by atoms with Crippen molar-refractivity contribution in [1.29, 1.82) is 0 Å². The Balaban J connectivity index is 1.74. The van der Waals surface area contributed by atoms with E-state index in [0.717, 1.165) is 12.1 Å². The molecule has 0 bridgehead atoms. The van der Waals surface area contributed by atoms with Crippen LogP contribution in [0.25, 0.3) is 22.3 Å². The number of hydrogen-bond donors (Lipinski definition) is 6. The van der Waals surface area contributed by atoms with Crippen LogP contribution in [0.4, 0.5) is 0 Å². The molecule has 1 fully saturated rings. The largest absolute Gasteiger partial charge is 0.508 e. The van der Waals surface area contributed by atoms with Gasteiger partial charge in [0.2, 0.25) is 6.29 Å². The molecular weight excluding hydrogens is 412 g/mol. The molecule has 1 aromatic heterocycles. The second-order valence-electron chi connectivity index (χ2n) is 7.12. The Morgan fingerprint density at radius 1 is 0.968 bits per heavy atom. The van der Waals surface area contributed by atoms with E-state index in [1.165, 1.54) is 12.1 Å². The molecule has 0 radical (unpaired) electrons. The third kappa shape index (κ3) is 3.82. The van der Waals surface area contributed by atoms with Crippen LogP contribution in [0.3, 0.4) is 0 Å². The predicted octanol–water partition coefficient (Wildman–Crippen LogP) is 0.0499. The molecule has 31 heavy (non-hydrogen) atoms. The molecule has 2 aromatic carbocycles. The van der Waals surface area contributed by atoms with Crippen LogP contribution >= 0.6 is 0 Å². The molecule has 6 N–H and O–H groups in total. The van der Waals surface area contributed by atoms with Gasteiger partial charge in [-0.05, 0) is 12.1 Å². The highest BCUT2D eigenvalue weighted by molar-refractivity contribution is 5.86. The maximum atomic E-state index is 12.5. The first kappa shape index (κ1) is 21.1. The minimum atomic E-state index is -1.62. The van der Waals surface area contributed by atoms with E-state index in [1.54, 1.807) is 18.2 Å². The summed E-state index contributed by atoms with van der Waals surface area (Å²) in [5, 5.41) is 59.0. The smallest absolute Gasteiger partial charge is 0.229 e. The fourth-order valence-corrected chi connectivity index (χ4v) is 3.45. The number of rotatable bonds is 4. The number of aromatic hydroxyl groups is 2. The minimum absolute atomic E-state index is 0.0442. The van der Waals surface area contributed by atoms with Gasteiger partial charge in [0.1, 0.15) is 58.4 Å². The van der Waals surface area contributed by atoms with Gasteiger partial charge in [0, 0.05) is 18.2 Å². The summed E-state index contributed by atoms with van der Waals surface area (Å²) in [6.07, 6.45) is -7.36. The zero-order valence-electron chi connectivity index (χ0n) is 16.0. The first-order valence-electron chi connectivity index (χ1n) is 9.36. The minimum Gasteiger partial charge on any atom is -0.508 e. The van der Waals surface area contributed by atoms with Crippen molar-refractivity contribution >= 4 is 11.0 Å². The number of hydrogen-bond acceptors (Lipinski definition) is 10. The molecule has 1 saturated heterocycles. The summed E-state index contributed by atoms with van der Waals surface area (Å²) >= 11 is 0. The summed E-state index contributed by atoms with van der Waals surface area (Å²) in [7, 11) is 0. The van der Waals surface area contributed by atoms with Crippen LogP contribution in [-0.4, -0.2) is 68.0 Å². The molecule has 0 aliphatic carbocycles. The van der Waals surface area contributed by atoms with E-state index in [2.05, 4.69) is 0 Å². The van der Waals surface area contributed by atoms with Crippen LogP contribution in [0.1, 0.15) is 0 Å². The summed E-state index contributed by atoms with van der Waals surface area (Å²) in [5.41, 5.74) is -0.333. The van der Waals surface area contributed by atoms with Crippen molar-refractivity contribution in [2.45, 2.75) is 30.7 Å². The lowest BCUT2D eigenvalue weighted by Crippen LogP contribution is -2.60. The SMILES string of the molecule is O=c1cc(-c2ccccc2OC2OC(CO)C(O)C(O)C2O)oc2cc(O)cc(O)c12. The number of aliphatic hydroxyl groups is 4. The van der Waals surface area contributed by atoms with Crippen molar-refractivity contribution in [3.63, 3.8) is 0 Å². The monoisotopic (exact) mass is 432 g/mol. The molecule has 10 heteroatoms.